The molecule has 1 amide bonds. The lowest BCUT2D eigenvalue weighted by Crippen LogP contribution is -2.11. The van der Waals surface area contributed by atoms with Crippen molar-refractivity contribution in [2.75, 3.05) is 12.4 Å². The largest absolute Gasteiger partial charge is 0.497 e. The number of methoxy groups -OCH3 is 1. The zero-order valence-corrected chi connectivity index (χ0v) is 18.7. The Morgan fingerprint density at radius 3 is 2.42 bits per heavy atom. The van der Waals surface area contributed by atoms with Crippen LogP contribution in [0.25, 0.3) is 28.1 Å². The van der Waals surface area contributed by atoms with Gasteiger partial charge in [0, 0.05) is 34.9 Å². The number of carbonyl (C=O) groups is 1. The molecule has 0 unspecified atom stereocenters. The Balaban J connectivity index is 0.00000126. The number of fused-ring (bicyclic) bond motifs is 1. The molecule has 166 valence electrons. The van der Waals surface area contributed by atoms with E-state index in [1.54, 1.807) is 31.8 Å². The van der Waals surface area contributed by atoms with Crippen LogP contribution in [0.4, 0.5) is 5.69 Å². The monoisotopic (exact) mass is 439 g/mol. The quantitative estimate of drug-likeness (QED) is 0.368. The molecule has 0 fully saturated rings. The lowest BCUT2D eigenvalue weighted by molar-refractivity contribution is 0.102. The van der Waals surface area contributed by atoms with Crippen molar-refractivity contribution in [3.63, 3.8) is 0 Å². The average Bonchev–Trinajstić information content (AvgIpc) is 3.56. The second-order valence-corrected chi connectivity index (χ2v) is 7.02. The van der Waals surface area contributed by atoms with Crippen LogP contribution >= 0.6 is 0 Å². The maximum absolute atomic E-state index is 12.7. The molecule has 0 aliphatic heterocycles. The number of rotatable bonds is 5. The van der Waals surface area contributed by atoms with Crippen molar-refractivity contribution in [3.8, 4) is 22.8 Å². The van der Waals surface area contributed by atoms with Crippen molar-refractivity contribution >= 4 is 22.6 Å². The fraction of sp³-hybridized carbons (Fsp3) is 0.115. The predicted molar refractivity (Wildman–Crippen MR) is 131 cm³/mol. The zero-order chi connectivity index (χ0) is 23.2. The van der Waals surface area contributed by atoms with Gasteiger partial charge in [-0.2, -0.15) is 0 Å². The number of hydrogen-bond donors (Lipinski definition) is 2. The van der Waals surface area contributed by atoms with Gasteiger partial charge in [0.15, 0.2) is 0 Å². The van der Waals surface area contributed by atoms with Crippen LogP contribution < -0.4 is 10.1 Å². The van der Waals surface area contributed by atoms with Gasteiger partial charge in [-0.05, 0) is 66.7 Å². The Hall–Kier alpha value is -4.39. The van der Waals surface area contributed by atoms with E-state index in [9.17, 15) is 4.79 Å². The molecule has 0 aliphatic carbocycles. The molecule has 0 radical (unpaired) electrons. The first kappa shape index (κ1) is 21.8. The van der Waals surface area contributed by atoms with Gasteiger partial charge in [0.2, 0.25) is 0 Å². The van der Waals surface area contributed by atoms with Crippen molar-refractivity contribution < 1.29 is 9.53 Å². The highest BCUT2D eigenvalue weighted by atomic mass is 16.5. The summed E-state index contributed by atoms with van der Waals surface area (Å²) in [4.78, 5) is 24.7. The Labute approximate surface area is 192 Å². The van der Waals surface area contributed by atoms with E-state index in [-0.39, 0.29) is 5.91 Å². The highest BCUT2D eigenvalue weighted by Crippen LogP contribution is 2.25. The molecule has 7 nitrogen and oxygen atoms in total. The van der Waals surface area contributed by atoms with Gasteiger partial charge in [0.05, 0.1) is 24.5 Å². The van der Waals surface area contributed by atoms with Crippen molar-refractivity contribution in [1.29, 1.82) is 0 Å². The zero-order valence-electron chi connectivity index (χ0n) is 18.7. The van der Waals surface area contributed by atoms with E-state index in [4.69, 9.17) is 4.74 Å². The van der Waals surface area contributed by atoms with Crippen LogP contribution in [-0.4, -0.2) is 32.5 Å². The molecule has 0 atom stereocenters. The highest BCUT2D eigenvalue weighted by molar-refractivity contribution is 6.05. The minimum atomic E-state index is -0.175. The van der Waals surface area contributed by atoms with Gasteiger partial charge in [0.1, 0.15) is 11.6 Å². The van der Waals surface area contributed by atoms with Gasteiger partial charge < -0.3 is 19.6 Å². The molecular weight excluding hydrogens is 414 g/mol. The van der Waals surface area contributed by atoms with E-state index in [2.05, 4.69) is 20.3 Å². The number of anilines is 1. The number of nitrogens with zero attached hydrogens (tertiary/aromatic N) is 3. The number of aromatic nitrogens is 4. The molecule has 5 aromatic rings. The van der Waals surface area contributed by atoms with Crippen LogP contribution in [-0.2, 0) is 0 Å². The maximum atomic E-state index is 12.7. The number of benzene rings is 3. The number of H-pyrrole nitrogens is 1. The number of hydrogen-bond acceptors (Lipinski definition) is 4. The van der Waals surface area contributed by atoms with Crippen LogP contribution in [0.1, 0.15) is 24.2 Å². The van der Waals surface area contributed by atoms with E-state index < -0.39 is 0 Å². The molecule has 2 N–H and O–H groups in total. The third kappa shape index (κ3) is 4.77. The second-order valence-electron chi connectivity index (χ2n) is 7.02. The number of aromatic amines is 1. The highest BCUT2D eigenvalue weighted by Gasteiger charge is 2.10. The molecule has 2 heterocycles. The first-order valence-electron chi connectivity index (χ1n) is 10.7. The number of carbonyl (C=O) groups excluding carboxylic acids is 1. The van der Waals surface area contributed by atoms with Gasteiger partial charge in [-0.15, -0.1) is 0 Å². The Morgan fingerprint density at radius 2 is 1.76 bits per heavy atom. The number of nitrogens with one attached hydrogen (secondary N) is 2. The number of imidazole rings is 2. The topological polar surface area (TPSA) is 84.8 Å². The normalized spacial score (nSPS) is 10.4. The SMILES string of the molecule is CC.COc1ccc(-c2nc3ccc(NC(=O)c4ccc(-n5ccnc5)cc4)cc3[nH]2)cc1. The van der Waals surface area contributed by atoms with Crippen molar-refractivity contribution in [1.82, 2.24) is 19.5 Å². The van der Waals surface area contributed by atoms with Crippen LogP contribution in [0.5, 0.6) is 5.75 Å². The molecule has 0 aliphatic rings. The third-order valence-electron chi connectivity index (χ3n) is 5.04. The molecule has 7 heteroatoms. The van der Waals surface area contributed by atoms with E-state index in [1.807, 2.05) is 79.2 Å². The van der Waals surface area contributed by atoms with Crippen LogP contribution in [0.2, 0.25) is 0 Å². The lowest BCUT2D eigenvalue weighted by Gasteiger charge is -2.07. The molecule has 33 heavy (non-hydrogen) atoms. The summed E-state index contributed by atoms with van der Waals surface area (Å²) in [6.07, 6.45) is 5.29. The smallest absolute Gasteiger partial charge is 0.255 e. The van der Waals surface area contributed by atoms with Gasteiger partial charge >= 0.3 is 0 Å². The molecule has 0 saturated carbocycles. The summed E-state index contributed by atoms with van der Waals surface area (Å²) in [5, 5.41) is 2.95. The standard InChI is InChI=1S/C24H19N5O2.C2H6/c1-31-20-9-4-16(5-10-20)23-27-21-11-6-18(14-22(21)28-23)26-24(30)17-2-7-19(8-3-17)29-13-12-25-15-29;1-2/h2-15H,1H3,(H,26,30)(H,27,28);1-2H3. The summed E-state index contributed by atoms with van der Waals surface area (Å²) in [6, 6.07) is 20.7. The van der Waals surface area contributed by atoms with Gasteiger partial charge in [-0.25, -0.2) is 9.97 Å². The molecule has 0 bridgehead atoms. The maximum Gasteiger partial charge on any atom is 0.255 e. The summed E-state index contributed by atoms with van der Waals surface area (Å²) in [7, 11) is 1.64. The fourth-order valence-corrected chi connectivity index (χ4v) is 3.37. The summed E-state index contributed by atoms with van der Waals surface area (Å²) >= 11 is 0. The average molecular weight is 440 g/mol. The lowest BCUT2D eigenvalue weighted by atomic mass is 10.2. The minimum absolute atomic E-state index is 0.175. The predicted octanol–water partition coefficient (Wildman–Crippen LogP) is 5.70. The van der Waals surface area contributed by atoms with Gasteiger partial charge in [-0.1, -0.05) is 13.8 Å². The summed E-state index contributed by atoms with van der Waals surface area (Å²) in [5.41, 5.74) is 4.85. The van der Waals surface area contributed by atoms with Crippen molar-refractivity contribution in [2.45, 2.75) is 13.8 Å². The minimum Gasteiger partial charge on any atom is -0.497 e. The summed E-state index contributed by atoms with van der Waals surface area (Å²) in [6.45, 7) is 4.00. The molecule has 0 saturated heterocycles. The Morgan fingerprint density at radius 1 is 1.00 bits per heavy atom. The number of amides is 1. The molecule has 2 aromatic heterocycles. The van der Waals surface area contributed by atoms with E-state index in [0.29, 0.717) is 11.3 Å². The fourth-order valence-electron chi connectivity index (χ4n) is 3.37. The van der Waals surface area contributed by atoms with Gasteiger partial charge in [-0.3, -0.25) is 4.79 Å². The van der Waals surface area contributed by atoms with Crippen molar-refractivity contribution in [3.05, 3.63) is 91.0 Å². The van der Waals surface area contributed by atoms with Crippen LogP contribution in [0.15, 0.2) is 85.5 Å². The van der Waals surface area contributed by atoms with Crippen LogP contribution in [0.3, 0.4) is 0 Å². The van der Waals surface area contributed by atoms with Crippen LogP contribution in [0, 0.1) is 0 Å². The van der Waals surface area contributed by atoms with E-state index in [0.717, 1.165) is 33.9 Å². The Kier molecular flexibility index (Phi) is 6.50. The summed E-state index contributed by atoms with van der Waals surface area (Å²) in [5.74, 6) is 1.38. The molecule has 5 rings (SSSR count). The first-order valence-corrected chi connectivity index (χ1v) is 10.7. The third-order valence-corrected chi connectivity index (χ3v) is 5.04. The molecule has 0 spiro atoms. The van der Waals surface area contributed by atoms with E-state index in [1.165, 1.54) is 0 Å². The van der Waals surface area contributed by atoms with Gasteiger partial charge in [0.25, 0.3) is 5.91 Å². The second kappa shape index (κ2) is 9.82. The molecule has 3 aromatic carbocycles. The first-order chi connectivity index (χ1) is 16.2. The molecular formula is C26H25N5O2. The number of ether oxygens (including phenoxy) is 1. The Bertz CT molecular complexity index is 1340. The summed E-state index contributed by atoms with van der Waals surface area (Å²) < 4.78 is 7.09. The van der Waals surface area contributed by atoms with E-state index >= 15 is 0 Å². The van der Waals surface area contributed by atoms with Crippen molar-refractivity contribution in [2.24, 2.45) is 0 Å².